The van der Waals surface area contributed by atoms with Gasteiger partial charge in [0.25, 0.3) is 0 Å². The summed E-state index contributed by atoms with van der Waals surface area (Å²) in [6.45, 7) is 10.6. The SMILES string of the molecule is CCNC(=NCC1CCN(C)CC1)NCCC(C)N(C)Cc1ccccc1.I. The lowest BCUT2D eigenvalue weighted by molar-refractivity contribution is 0.223. The van der Waals surface area contributed by atoms with Gasteiger partial charge in [-0.25, -0.2) is 0 Å². The average molecular weight is 502 g/mol. The van der Waals surface area contributed by atoms with Crippen molar-refractivity contribution in [3.05, 3.63) is 35.9 Å². The maximum absolute atomic E-state index is 4.83. The van der Waals surface area contributed by atoms with E-state index in [9.17, 15) is 0 Å². The molecule has 1 aromatic carbocycles. The van der Waals surface area contributed by atoms with Crippen LogP contribution in [0.2, 0.25) is 0 Å². The van der Waals surface area contributed by atoms with Gasteiger partial charge in [0.1, 0.15) is 0 Å². The van der Waals surface area contributed by atoms with E-state index in [4.69, 9.17) is 4.99 Å². The minimum Gasteiger partial charge on any atom is -0.357 e. The lowest BCUT2D eigenvalue weighted by Crippen LogP contribution is -2.40. The van der Waals surface area contributed by atoms with Crippen LogP contribution in [0.3, 0.4) is 0 Å². The first-order chi connectivity index (χ1) is 13.1. The quantitative estimate of drug-likeness (QED) is 0.309. The molecule has 1 aliphatic heterocycles. The number of rotatable bonds is 9. The van der Waals surface area contributed by atoms with Gasteiger partial charge < -0.3 is 15.5 Å². The zero-order chi connectivity index (χ0) is 19.5. The molecular weight excluding hydrogens is 461 g/mol. The molecule has 2 N–H and O–H groups in total. The number of benzene rings is 1. The van der Waals surface area contributed by atoms with Crippen LogP contribution in [0.5, 0.6) is 0 Å². The average Bonchev–Trinajstić information content (AvgIpc) is 2.68. The third-order valence-electron chi connectivity index (χ3n) is 5.57. The second-order valence-corrected chi connectivity index (χ2v) is 7.93. The third kappa shape index (κ3) is 9.56. The summed E-state index contributed by atoms with van der Waals surface area (Å²) in [7, 11) is 4.41. The van der Waals surface area contributed by atoms with Crippen LogP contribution in [-0.2, 0) is 6.54 Å². The van der Waals surface area contributed by atoms with Crippen molar-refractivity contribution in [2.75, 3.05) is 46.8 Å². The first kappa shape index (κ1) is 25.2. The van der Waals surface area contributed by atoms with Crippen molar-refractivity contribution in [3.63, 3.8) is 0 Å². The van der Waals surface area contributed by atoms with Gasteiger partial charge in [-0.1, -0.05) is 30.3 Å². The van der Waals surface area contributed by atoms with E-state index >= 15 is 0 Å². The second-order valence-electron chi connectivity index (χ2n) is 7.93. The van der Waals surface area contributed by atoms with Gasteiger partial charge >= 0.3 is 0 Å². The summed E-state index contributed by atoms with van der Waals surface area (Å²) in [5.41, 5.74) is 1.37. The maximum atomic E-state index is 4.83. The Labute approximate surface area is 189 Å². The molecule has 0 saturated carbocycles. The van der Waals surface area contributed by atoms with E-state index < -0.39 is 0 Å². The number of hydrogen-bond donors (Lipinski definition) is 2. The highest BCUT2D eigenvalue weighted by molar-refractivity contribution is 14.0. The molecule has 0 amide bonds. The number of aliphatic imine (C=N–C) groups is 1. The Morgan fingerprint density at radius 1 is 1.21 bits per heavy atom. The Morgan fingerprint density at radius 2 is 1.89 bits per heavy atom. The fourth-order valence-corrected chi connectivity index (χ4v) is 3.45. The lowest BCUT2D eigenvalue weighted by atomic mass is 9.97. The molecule has 1 saturated heterocycles. The minimum atomic E-state index is 0. The topological polar surface area (TPSA) is 42.9 Å². The highest BCUT2D eigenvalue weighted by Crippen LogP contribution is 2.15. The molecule has 2 rings (SSSR count). The molecule has 0 radical (unpaired) electrons. The van der Waals surface area contributed by atoms with Gasteiger partial charge in [-0.2, -0.15) is 0 Å². The van der Waals surface area contributed by atoms with E-state index in [1.54, 1.807) is 0 Å². The van der Waals surface area contributed by atoms with Gasteiger partial charge in [-0.15, -0.1) is 24.0 Å². The number of guanidine groups is 1. The summed E-state index contributed by atoms with van der Waals surface area (Å²) in [6, 6.07) is 11.2. The van der Waals surface area contributed by atoms with Gasteiger partial charge in [0.15, 0.2) is 5.96 Å². The van der Waals surface area contributed by atoms with Crippen LogP contribution >= 0.6 is 24.0 Å². The van der Waals surface area contributed by atoms with Gasteiger partial charge in [-0.05, 0) is 71.8 Å². The summed E-state index contributed by atoms with van der Waals surface area (Å²) in [5.74, 6) is 1.70. The molecule has 1 unspecified atom stereocenters. The van der Waals surface area contributed by atoms with Crippen molar-refractivity contribution >= 4 is 29.9 Å². The number of nitrogens with zero attached hydrogens (tertiary/aromatic N) is 3. The first-order valence-electron chi connectivity index (χ1n) is 10.5. The standard InChI is InChI=1S/C22H39N5.HI/c1-5-23-22(25-17-20-12-15-26(3)16-13-20)24-14-11-19(2)27(4)18-21-9-7-6-8-10-21;/h6-10,19-20H,5,11-18H2,1-4H3,(H2,23,24,25);1H. The van der Waals surface area contributed by atoms with Gasteiger partial charge in [0, 0.05) is 32.2 Å². The Morgan fingerprint density at radius 3 is 2.54 bits per heavy atom. The Bertz CT molecular complexity index is 543. The van der Waals surface area contributed by atoms with E-state index in [0.29, 0.717) is 6.04 Å². The summed E-state index contributed by atoms with van der Waals surface area (Å²) in [4.78, 5) is 9.66. The van der Waals surface area contributed by atoms with Crippen LogP contribution < -0.4 is 10.6 Å². The van der Waals surface area contributed by atoms with E-state index in [1.165, 1.54) is 31.5 Å². The second kappa shape index (κ2) is 14.2. The zero-order valence-electron chi connectivity index (χ0n) is 18.2. The molecule has 1 fully saturated rings. The molecule has 1 heterocycles. The number of piperidine rings is 1. The smallest absolute Gasteiger partial charge is 0.191 e. The predicted molar refractivity (Wildman–Crippen MR) is 132 cm³/mol. The van der Waals surface area contributed by atoms with Crippen molar-refractivity contribution in [3.8, 4) is 0 Å². The van der Waals surface area contributed by atoms with Crippen LogP contribution in [-0.4, -0.2) is 68.6 Å². The molecule has 6 heteroatoms. The highest BCUT2D eigenvalue weighted by Gasteiger charge is 2.16. The summed E-state index contributed by atoms with van der Waals surface area (Å²) in [5, 5.41) is 6.91. The first-order valence-corrected chi connectivity index (χ1v) is 10.5. The predicted octanol–water partition coefficient (Wildman–Crippen LogP) is 3.41. The normalized spacial score (nSPS) is 17.2. The van der Waals surface area contributed by atoms with Crippen molar-refractivity contribution in [2.45, 2.75) is 45.7 Å². The fraction of sp³-hybridized carbons (Fsp3) is 0.682. The summed E-state index contributed by atoms with van der Waals surface area (Å²) >= 11 is 0. The van der Waals surface area contributed by atoms with Gasteiger partial charge in [-0.3, -0.25) is 9.89 Å². The number of likely N-dealkylation sites (tertiary alicyclic amines) is 1. The number of nitrogens with one attached hydrogen (secondary N) is 2. The van der Waals surface area contributed by atoms with Crippen molar-refractivity contribution in [1.82, 2.24) is 20.4 Å². The molecule has 0 spiro atoms. The van der Waals surface area contributed by atoms with Crippen LogP contribution in [0, 0.1) is 5.92 Å². The molecule has 0 aliphatic carbocycles. The number of halogens is 1. The summed E-state index contributed by atoms with van der Waals surface area (Å²) in [6.07, 6.45) is 3.63. The molecular formula is C22H40IN5. The van der Waals surface area contributed by atoms with E-state index in [2.05, 4.69) is 78.7 Å². The molecule has 0 aromatic heterocycles. The molecule has 1 atom stereocenters. The van der Waals surface area contributed by atoms with E-state index in [0.717, 1.165) is 44.5 Å². The molecule has 1 aliphatic rings. The monoisotopic (exact) mass is 501 g/mol. The Hall–Kier alpha value is -0.860. The largest absolute Gasteiger partial charge is 0.357 e. The molecule has 160 valence electrons. The summed E-state index contributed by atoms with van der Waals surface area (Å²) < 4.78 is 0. The van der Waals surface area contributed by atoms with E-state index in [1.807, 2.05) is 0 Å². The van der Waals surface area contributed by atoms with Crippen molar-refractivity contribution in [2.24, 2.45) is 10.9 Å². The molecule has 0 bridgehead atoms. The molecule has 1 aromatic rings. The van der Waals surface area contributed by atoms with Crippen molar-refractivity contribution < 1.29 is 0 Å². The van der Waals surface area contributed by atoms with Crippen LogP contribution in [0.1, 0.15) is 38.7 Å². The van der Waals surface area contributed by atoms with Crippen LogP contribution in [0.4, 0.5) is 0 Å². The molecule has 5 nitrogen and oxygen atoms in total. The highest BCUT2D eigenvalue weighted by atomic mass is 127. The Kier molecular flexibility index (Phi) is 12.7. The van der Waals surface area contributed by atoms with E-state index in [-0.39, 0.29) is 24.0 Å². The van der Waals surface area contributed by atoms with Gasteiger partial charge in [0.05, 0.1) is 0 Å². The minimum absolute atomic E-state index is 0. The lowest BCUT2D eigenvalue weighted by Gasteiger charge is -2.28. The maximum Gasteiger partial charge on any atom is 0.191 e. The zero-order valence-corrected chi connectivity index (χ0v) is 20.5. The van der Waals surface area contributed by atoms with Gasteiger partial charge in [0.2, 0.25) is 0 Å². The fourth-order valence-electron chi connectivity index (χ4n) is 3.45. The number of hydrogen-bond acceptors (Lipinski definition) is 3. The molecule has 28 heavy (non-hydrogen) atoms. The third-order valence-corrected chi connectivity index (χ3v) is 5.57. The van der Waals surface area contributed by atoms with Crippen LogP contribution in [0.15, 0.2) is 35.3 Å². The van der Waals surface area contributed by atoms with Crippen LogP contribution in [0.25, 0.3) is 0 Å². The van der Waals surface area contributed by atoms with Crippen molar-refractivity contribution in [1.29, 1.82) is 0 Å². The Balaban J connectivity index is 0.00000392.